The number of hydrogen-bond donors (Lipinski definition) is 0. The Kier molecular flexibility index (Phi) is 4.18. The van der Waals surface area contributed by atoms with E-state index in [1.54, 1.807) is 0 Å². The average Bonchev–Trinajstić information content (AvgIpc) is 3.31. The molecule has 2 nitrogen and oxygen atoms in total. The van der Waals surface area contributed by atoms with Crippen LogP contribution >= 0.6 is 0 Å². The predicted molar refractivity (Wildman–Crippen MR) is 157 cm³/mol. The molecule has 8 rings (SSSR count). The van der Waals surface area contributed by atoms with Crippen molar-refractivity contribution in [2.45, 2.75) is 6.92 Å². The van der Waals surface area contributed by atoms with Gasteiger partial charge >= 0.3 is 0 Å². The van der Waals surface area contributed by atoms with Crippen LogP contribution in [0.5, 0.6) is 0 Å². The molecule has 0 saturated heterocycles. The molecule has 0 aliphatic heterocycles. The summed E-state index contributed by atoms with van der Waals surface area (Å²) in [6.45, 7) is 2.15. The Morgan fingerprint density at radius 1 is 0.486 bits per heavy atom. The zero-order valence-electron chi connectivity index (χ0n) is 20.4. The van der Waals surface area contributed by atoms with E-state index in [0.717, 1.165) is 33.3 Å². The molecule has 2 heteroatoms. The lowest BCUT2D eigenvalue weighted by molar-refractivity contribution is 0.669. The van der Waals surface area contributed by atoms with Gasteiger partial charge in [0.1, 0.15) is 11.2 Å². The minimum Gasteiger partial charge on any atom is -0.456 e. The van der Waals surface area contributed by atoms with Gasteiger partial charge in [0.2, 0.25) is 0 Å². The minimum atomic E-state index is 0.907. The maximum atomic E-state index is 6.15. The normalized spacial score (nSPS) is 11.9. The molecule has 0 N–H and O–H groups in total. The van der Waals surface area contributed by atoms with Crippen molar-refractivity contribution in [1.82, 2.24) is 0 Å². The number of anilines is 3. The van der Waals surface area contributed by atoms with Crippen LogP contribution in [0.4, 0.5) is 17.1 Å². The summed E-state index contributed by atoms with van der Waals surface area (Å²) >= 11 is 0. The first-order chi connectivity index (χ1) is 18.2. The first kappa shape index (κ1) is 20.4. The van der Waals surface area contributed by atoms with Crippen molar-refractivity contribution < 1.29 is 4.42 Å². The van der Waals surface area contributed by atoms with E-state index in [4.69, 9.17) is 4.42 Å². The van der Waals surface area contributed by atoms with E-state index in [2.05, 4.69) is 121 Å². The van der Waals surface area contributed by atoms with Crippen molar-refractivity contribution in [3.63, 3.8) is 0 Å². The summed E-state index contributed by atoms with van der Waals surface area (Å²) in [4.78, 5) is 2.39. The molecule has 0 unspecified atom stereocenters. The molecule has 0 radical (unpaired) electrons. The second-order valence-electron chi connectivity index (χ2n) is 9.89. The molecule has 0 amide bonds. The number of hydrogen-bond acceptors (Lipinski definition) is 2. The highest BCUT2D eigenvalue weighted by atomic mass is 16.3. The van der Waals surface area contributed by atoms with Gasteiger partial charge in [-0.2, -0.15) is 0 Å². The standard InChI is InChI=1S/C35H23NO/c1-22-6-4-9-26(20-22)36(27-16-19-33-30(21-27)28-10-2-3-11-32(28)37-33)31-18-15-25-13-12-23-7-5-8-24-14-17-29(31)35(25)34(23)24/h2-21H,1H3. The van der Waals surface area contributed by atoms with Gasteiger partial charge in [-0.25, -0.2) is 0 Å². The van der Waals surface area contributed by atoms with E-state index in [0.29, 0.717) is 0 Å². The van der Waals surface area contributed by atoms with Gasteiger partial charge in [-0.1, -0.05) is 78.9 Å². The van der Waals surface area contributed by atoms with Gasteiger partial charge in [0, 0.05) is 27.5 Å². The highest BCUT2D eigenvalue weighted by molar-refractivity contribution is 6.25. The van der Waals surface area contributed by atoms with Crippen molar-refractivity contribution in [3.05, 3.63) is 127 Å². The number of benzene rings is 7. The molecule has 0 aliphatic carbocycles. The monoisotopic (exact) mass is 473 g/mol. The second-order valence-corrected chi connectivity index (χ2v) is 9.89. The van der Waals surface area contributed by atoms with Gasteiger partial charge in [-0.05, 0) is 81.9 Å². The number of nitrogens with zero attached hydrogens (tertiary/aromatic N) is 1. The summed E-state index contributed by atoms with van der Waals surface area (Å²) in [7, 11) is 0. The zero-order chi connectivity index (χ0) is 24.5. The SMILES string of the molecule is Cc1cccc(N(c2ccc3oc4ccccc4c3c2)c2ccc3ccc4cccc5ccc2c3c45)c1. The molecule has 8 aromatic rings. The Hall–Kier alpha value is -4.82. The molecule has 37 heavy (non-hydrogen) atoms. The van der Waals surface area contributed by atoms with E-state index >= 15 is 0 Å². The van der Waals surface area contributed by atoms with Crippen LogP contribution in [0.2, 0.25) is 0 Å². The number of furan rings is 1. The molecule has 0 saturated carbocycles. The Labute approximate surface area is 214 Å². The van der Waals surface area contributed by atoms with Crippen molar-refractivity contribution >= 4 is 71.3 Å². The Balaban J connectivity index is 1.46. The average molecular weight is 474 g/mol. The van der Waals surface area contributed by atoms with Crippen LogP contribution in [0.15, 0.2) is 126 Å². The third-order valence-corrected chi connectivity index (χ3v) is 7.62. The number of rotatable bonds is 3. The third kappa shape index (κ3) is 2.99. The van der Waals surface area contributed by atoms with Crippen molar-refractivity contribution in [2.75, 3.05) is 4.90 Å². The molecule has 0 atom stereocenters. The van der Waals surface area contributed by atoms with Gasteiger partial charge in [-0.15, -0.1) is 0 Å². The van der Waals surface area contributed by atoms with Crippen LogP contribution in [0.1, 0.15) is 5.56 Å². The summed E-state index contributed by atoms with van der Waals surface area (Å²) < 4.78 is 6.15. The van der Waals surface area contributed by atoms with Crippen molar-refractivity contribution in [2.24, 2.45) is 0 Å². The fourth-order valence-corrected chi connectivity index (χ4v) is 5.96. The minimum absolute atomic E-state index is 0.907. The number of para-hydroxylation sites is 1. The molecule has 7 aromatic carbocycles. The zero-order valence-corrected chi connectivity index (χ0v) is 20.4. The smallest absolute Gasteiger partial charge is 0.135 e. The van der Waals surface area contributed by atoms with Crippen LogP contribution in [-0.4, -0.2) is 0 Å². The molecule has 174 valence electrons. The lowest BCUT2D eigenvalue weighted by Gasteiger charge is -2.28. The van der Waals surface area contributed by atoms with Gasteiger partial charge in [-0.3, -0.25) is 0 Å². The van der Waals surface area contributed by atoms with E-state index in [1.165, 1.54) is 43.6 Å². The first-order valence-corrected chi connectivity index (χ1v) is 12.7. The third-order valence-electron chi connectivity index (χ3n) is 7.62. The first-order valence-electron chi connectivity index (χ1n) is 12.7. The summed E-state index contributed by atoms with van der Waals surface area (Å²) in [5, 5.41) is 9.99. The number of aryl methyl sites for hydroxylation is 1. The Morgan fingerprint density at radius 2 is 1.19 bits per heavy atom. The number of fused-ring (bicyclic) bond motifs is 3. The van der Waals surface area contributed by atoms with Crippen LogP contribution < -0.4 is 4.90 Å². The van der Waals surface area contributed by atoms with Crippen LogP contribution in [0.3, 0.4) is 0 Å². The molecule has 1 heterocycles. The maximum absolute atomic E-state index is 6.15. The van der Waals surface area contributed by atoms with Gasteiger partial charge in [0.15, 0.2) is 0 Å². The van der Waals surface area contributed by atoms with Gasteiger partial charge in [0.25, 0.3) is 0 Å². The van der Waals surface area contributed by atoms with E-state index in [1.807, 2.05) is 12.1 Å². The van der Waals surface area contributed by atoms with E-state index in [9.17, 15) is 0 Å². The van der Waals surface area contributed by atoms with Crippen LogP contribution in [0.25, 0.3) is 54.3 Å². The quantitative estimate of drug-likeness (QED) is 0.237. The van der Waals surface area contributed by atoms with Gasteiger partial charge < -0.3 is 9.32 Å². The highest BCUT2D eigenvalue weighted by Crippen LogP contribution is 2.45. The Bertz CT molecular complexity index is 2100. The molecule has 1 aromatic heterocycles. The molecule has 0 aliphatic rings. The summed E-state index contributed by atoms with van der Waals surface area (Å²) in [6, 6.07) is 43.7. The Morgan fingerprint density at radius 3 is 2.05 bits per heavy atom. The summed E-state index contributed by atoms with van der Waals surface area (Å²) in [5.74, 6) is 0. The van der Waals surface area contributed by atoms with Gasteiger partial charge in [0.05, 0.1) is 5.69 Å². The van der Waals surface area contributed by atoms with E-state index < -0.39 is 0 Å². The largest absolute Gasteiger partial charge is 0.456 e. The lowest BCUT2D eigenvalue weighted by atomic mass is 9.93. The highest BCUT2D eigenvalue weighted by Gasteiger charge is 2.19. The molecular formula is C35H23NO. The lowest BCUT2D eigenvalue weighted by Crippen LogP contribution is -2.10. The summed E-state index contributed by atoms with van der Waals surface area (Å²) in [5.41, 5.74) is 6.48. The fourth-order valence-electron chi connectivity index (χ4n) is 5.96. The topological polar surface area (TPSA) is 16.4 Å². The molecule has 0 bridgehead atoms. The van der Waals surface area contributed by atoms with Crippen molar-refractivity contribution in [1.29, 1.82) is 0 Å². The fraction of sp³-hybridized carbons (Fsp3) is 0.0286. The van der Waals surface area contributed by atoms with Crippen molar-refractivity contribution in [3.8, 4) is 0 Å². The second kappa shape index (κ2) is 7.59. The molecule has 0 fully saturated rings. The summed E-state index contributed by atoms with van der Waals surface area (Å²) in [6.07, 6.45) is 0. The van der Waals surface area contributed by atoms with E-state index in [-0.39, 0.29) is 0 Å². The molecule has 0 spiro atoms. The van der Waals surface area contributed by atoms with Crippen LogP contribution in [0, 0.1) is 6.92 Å². The van der Waals surface area contributed by atoms with Crippen LogP contribution in [-0.2, 0) is 0 Å². The molecular weight excluding hydrogens is 450 g/mol. The predicted octanol–water partition coefficient (Wildman–Crippen LogP) is 10.3. The maximum Gasteiger partial charge on any atom is 0.135 e.